The standard InChI is InChI=1S/C18H12Cl3N3O3S/c19-11-6-7-17(22-10-11)24-28(26,27)16-8-13(14(20)9-15(16)21)18(25)23-12-4-2-1-3-5-12/h1-10H,(H,22,24)(H,23,25). The van der Waals surface area contributed by atoms with Gasteiger partial charge in [0, 0.05) is 11.9 Å². The SMILES string of the molecule is O=C(Nc1ccccc1)c1cc(S(=O)(=O)Nc2ccc(Cl)cn2)c(Cl)cc1Cl. The van der Waals surface area contributed by atoms with E-state index in [1.807, 2.05) is 0 Å². The molecular formula is C18H12Cl3N3O3S. The fraction of sp³-hybridized carbons (Fsp3) is 0. The molecule has 0 aliphatic carbocycles. The summed E-state index contributed by atoms with van der Waals surface area (Å²) in [5.74, 6) is -0.528. The Kier molecular flexibility index (Phi) is 6.10. The van der Waals surface area contributed by atoms with E-state index < -0.39 is 15.9 Å². The molecule has 0 unspecified atom stereocenters. The van der Waals surface area contributed by atoms with Crippen molar-refractivity contribution in [2.45, 2.75) is 4.90 Å². The summed E-state index contributed by atoms with van der Waals surface area (Å²) in [6.45, 7) is 0. The molecule has 0 aliphatic rings. The topological polar surface area (TPSA) is 88.2 Å². The van der Waals surface area contributed by atoms with Crippen molar-refractivity contribution >= 4 is 62.2 Å². The van der Waals surface area contributed by atoms with Gasteiger partial charge in [0.05, 0.1) is 20.6 Å². The van der Waals surface area contributed by atoms with Crippen LogP contribution in [-0.4, -0.2) is 19.3 Å². The normalized spacial score (nSPS) is 11.1. The van der Waals surface area contributed by atoms with Crippen molar-refractivity contribution in [2.24, 2.45) is 0 Å². The van der Waals surface area contributed by atoms with Crippen molar-refractivity contribution in [1.29, 1.82) is 0 Å². The van der Waals surface area contributed by atoms with E-state index in [0.717, 1.165) is 6.07 Å². The zero-order valence-electron chi connectivity index (χ0n) is 14.0. The highest BCUT2D eigenvalue weighted by molar-refractivity contribution is 7.92. The zero-order chi connectivity index (χ0) is 20.3. The lowest BCUT2D eigenvalue weighted by Crippen LogP contribution is -2.17. The highest BCUT2D eigenvalue weighted by Gasteiger charge is 2.23. The lowest BCUT2D eigenvalue weighted by Gasteiger charge is -2.12. The summed E-state index contributed by atoms with van der Waals surface area (Å²) in [5.41, 5.74) is 0.491. The molecule has 1 heterocycles. The number of aromatic nitrogens is 1. The summed E-state index contributed by atoms with van der Waals surface area (Å²) >= 11 is 17.9. The zero-order valence-corrected chi connectivity index (χ0v) is 17.1. The van der Waals surface area contributed by atoms with Gasteiger partial charge in [-0.2, -0.15) is 0 Å². The van der Waals surface area contributed by atoms with Crippen LogP contribution in [0.3, 0.4) is 0 Å². The van der Waals surface area contributed by atoms with E-state index >= 15 is 0 Å². The van der Waals surface area contributed by atoms with Crippen LogP contribution in [-0.2, 0) is 10.0 Å². The summed E-state index contributed by atoms with van der Waals surface area (Å²) < 4.78 is 27.7. The number of nitrogens with one attached hydrogen (secondary N) is 2. The Labute approximate surface area is 176 Å². The van der Waals surface area contributed by atoms with Gasteiger partial charge >= 0.3 is 0 Å². The molecule has 144 valence electrons. The number of halogens is 3. The predicted octanol–water partition coefficient (Wildman–Crippen LogP) is 5.09. The Hall–Kier alpha value is -2.32. The van der Waals surface area contributed by atoms with E-state index in [2.05, 4.69) is 15.0 Å². The number of sulfonamides is 1. The number of amides is 1. The number of benzene rings is 2. The van der Waals surface area contributed by atoms with E-state index in [1.165, 1.54) is 24.4 Å². The number of anilines is 2. The molecule has 2 aromatic carbocycles. The second kappa shape index (κ2) is 8.36. The minimum Gasteiger partial charge on any atom is -0.322 e. The van der Waals surface area contributed by atoms with Gasteiger partial charge in [-0.3, -0.25) is 9.52 Å². The molecule has 0 fully saturated rings. The Morgan fingerprint density at radius 1 is 0.929 bits per heavy atom. The van der Waals surface area contributed by atoms with Crippen LogP contribution < -0.4 is 10.0 Å². The average molecular weight is 457 g/mol. The van der Waals surface area contributed by atoms with Gasteiger partial charge in [-0.1, -0.05) is 53.0 Å². The molecule has 28 heavy (non-hydrogen) atoms. The average Bonchev–Trinajstić information content (AvgIpc) is 2.64. The minimum atomic E-state index is -4.13. The van der Waals surface area contributed by atoms with Gasteiger partial charge < -0.3 is 5.32 Å². The maximum atomic E-state index is 12.7. The van der Waals surface area contributed by atoms with Crippen LogP contribution in [0.15, 0.2) is 65.7 Å². The van der Waals surface area contributed by atoms with Crippen LogP contribution in [0.2, 0.25) is 15.1 Å². The third-order valence-corrected chi connectivity index (χ3v) is 5.91. The molecule has 0 bridgehead atoms. The van der Waals surface area contributed by atoms with Crippen molar-refractivity contribution in [3.05, 3.63) is 81.4 Å². The smallest absolute Gasteiger partial charge is 0.264 e. The first-order valence-corrected chi connectivity index (χ1v) is 10.4. The highest BCUT2D eigenvalue weighted by atomic mass is 35.5. The number of nitrogens with zero attached hydrogens (tertiary/aromatic N) is 1. The number of hydrogen-bond acceptors (Lipinski definition) is 4. The van der Waals surface area contributed by atoms with Gasteiger partial charge in [-0.05, 0) is 36.4 Å². The molecule has 1 aromatic heterocycles. The lowest BCUT2D eigenvalue weighted by molar-refractivity contribution is 0.102. The van der Waals surface area contributed by atoms with Crippen molar-refractivity contribution < 1.29 is 13.2 Å². The summed E-state index contributed by atoms with van der Waals surface area (Å²) in [4.78, 5) is 16.1. The third-order valence-electron chi connectivity index (χ3n) is 3.55. The Morgan fingerprint density at radius 2 is 1.64 bits per heavy atom. The summed E-state index contributed by atoms with van der Waals surface area (Å²) in [6, 6.07) is 13.9. The first-order valence-electron chi connectivity index (χ1n) is 7.76. The fourth-order valence-electron chi connectivity index (χ4n) is 2.26. The molecular weight excluding hydrogens is 445 g/mol. The maximum Gasteiger partial charge on any atom is 0.264 e. The largest absolute Gasteiger partial charge is 0.322 e. The van der Waals surface area contributed by atoms with Crippen LogP contribution in [0.1, 0.15) is 10.4 Å². The molecule has 0 saturated carbocycles. The Morgan fingerprint density at radius 3 is 2.29 bits per heavy atom. The Bertz CT molecular complexity index is 1120. The molecule has 0 atom stereocenters. The second-order valence-electron chi connectivity index (χ2n) is 5.55. The molecule has 10 heteroatoms. The number of carbonyl (C=O) groups is 1. The van der Waals surface area contributed by atoms with Crippen molar-refractivity contribution in [2.75, 3.05) is 10.0 Å². The first-order chi connectivity index (χ1) is 13.3. The van der Waals surface area contributed by atoms with Gasteiger partial charge in [-0.25, -0.2) is 13.4 Å². The van der Waals surface area contributed by atoms with Gasteiger partial charge in [0.15, 0.2) is 0 Å². The molecule has 0 spiro atoms. The monoisotopic (exact) mass is 455 g/mol. The molecule has 3 aromatic rings. The van der Waals surface area contributed by atoms with Gasteiger partial charge in [0.1, 0.15) is 10.7 Å². The van der Waals surface area contributed by atoms with E-state index in [0.29, 0.717) is 10.7 Å². The van der Waals surface area contributed by atoms with Crippen LogP contribution in [0.4, 0.5) is 11.5 Å². The molecule has 6 nitrogen and oxygen atoms in total. The summed E-state index contributed by atoms with van der Waals surface area (Å²) in [7, 11) is -4.13. The summed E-state index contributed by atoms with van der Waals surface area (Å²) in [5, 5.41) is 2.88. The molecule has 0 saturated heterocycles. The Balaban J connectivity index is 1.94. The number of pyridine rings is 1. The molecule has 1 amide bonds. The first kappa shape index (κ1) is 20.4. The minimum absolute atomic E-state index is 0.0157. The van der Waals surface area contributed by atoms with E-state index in [4.69, 9.17) is 34.8 Å². The number of hydrogen-bond donors (Lipinski definition) is 2. The quantitative estimate of drug-likeness (QED) is 0.559. The predicted molar refractivity (Wildman–Crippen MR) is 111 cm³/mol. The van der Waals surface area contributed by atoms with Crippen LogP contribution in [0.5, 0.6) is 0 Å². The van der Waals surface area contributed by atoms with Gasteiger partial charge in [0.25, 0.3) is 15.9 Å². The number of para-hydroxylation sites is 1. The third kappa shape index (κ3) is 4.74. The number of carbonyl (C=O) groups excluding carboxylic acids is 1. The van der Waals surface area contributed by atoms with Crippen LogP contribution >= 0.6 is 34.8 Å². The summed E-state index contributed by atoms with van der Waals surface area (Å²) in [6.07, 6.45) is 1.29. The van der Waals surface area contributed by atoms with Crippen molar-refractivity contribution in [1.82, 2.24) is 4.98 Å². The molecule has 0 radical (unpaired) electrons. The maximum absolute atomic E-state index is 12.7. The van der Waals surface area contributed by atoms with Gasteiger partial charge in [-0.15, -0.1) is 0 Å². The van der Waals surface area contributed by atoms with E-state index in [9.17, 15) is 13.2 Å². The lowest BCUT2D eigenvalue weighted by atomic mass is 10.2. The van der Waals surface area contributed by atoms with Crippen LogP contribution in [0.25, 0.3) is 0 Å². The highest BCUT2D eigenvalue weighted by Crippen LogP contribution is 2.30. The molecule has 0 aliphatic heterocycles. The van der Waals surface area contributed by atoms with Gasteiger partial charge in [0.2, 0.25) is 0 Å². The van der Waals surface area contributed by atoms with Crippen LogP contribution in [0, 0.1) is 0 Å². The van der Waals surface area contributed by atoms with Crippen molar-refractivity contribution in [3.8, 4) is 0 Å². The second-order valence-corrected chi connectivity index (χ2v) is 8.45. The van der Waals surface area contributed by atoms with Crippen molar-refractivity contribution in [3.63, 3.8) is 0 Å². The number of rotatable bonds is 5. The van der Waals surface area contributed by atoms with E-state index in [1.54, 1.807) is 30.3 Å². The van der Waals surface area contributed by atoms with E-state index in [-0.39, 0.29) is 26.3 Å². The molecule has 2 N–H and O–H groups in total. The fourth-order valence-corrected chi connectivity index (χ4v) is 4.24. The molecule has 3 rings (SSSR count).